The second-order valence-corrected chi connectivity index (χ2v) is 10.4. The quantitative estimate of drug-likeness (QED) is 0.252. The maximum Gasteiger partial charge on any atom is 0.412 e. The van der Waals surface area contributed by atoms with Crippen LogP contribution in [0.2, 0.25) is 0 Å². The lowest BCUT2D eigenvalue weighted by molar-refractivity contribution is -0.136. The molecule has 3 rings (SSSR count). The molecule has 0 saturated carbocycles. The van der Waals surface area contributed by atoms with Gasteiger partial charge in [0.05, 0.1) is 7.11 Å². The van der Waals surface area contributed by atoms with Crippen molar-refractivity contribution in [3.63, 3.8) is 0 Å². The molecular formula is C25H27NO4S2. The van der Waals surface area contributed by atoms with Gasteiger partial charge in [0.15, 0.2) is 0 Å². The van der Waals surface area contributed by atoms with E-state index < -0.39 is 17.7 Å². The highest BCUT2D eigenvalue weighted by Gasteiger charge is 2.20. The Morgan fingerprint density at radius 3 is 2.38 bits per heavy atom. The lowest BCUT2D eigenvalue weighted by Crippen LogP contribution is -2.34. The Bertz CT molecular complexity index is 1170. The molecule has 1 amide bonds. The molecule has 1 aromatic heterocycles. The first-order valence-electron chi connectivity index (χ1n) is 10.1. The molecule has 0 spiro atoms. The van der Waals surface area contributed by atoms with Crippen LogP contribution >= 0.6 is 23.1 Å². The third-order valence-electron chi connectivity index (χ3n) is 4.72. The van der Waals surface area contributed by atoms with Gasteiger partial charge in [-0.05, 0) is 68.8 Å². The van der Waals surface area contributed by atoms with Crippen molar-refractivity contribution in [2.24, 2.45) is 0 Å². The Balaban J connectivity index is 1.79. The van der Waals surface area contributed by atoms with Crippen molar-refractivity contribution in [1.82, 2.24) is 5.32 Å². The van der Waals surface area contributed by atoms with E-state index in [9.17, 15) is 9.59 Å². The number of thioether (sulfide) groups is 1. The van der Waals surface area contributed by atoms with Gasteiger partial charge in [-0.15, -0.1) is 11.3 Å². The molecule has 0 bridgehead atoms. The van der Waals surface area contributed by atoms with Crippen LogP contribution in [0.15, 0.2) is 58.5 Å². The van der Waals surface area contributed by atoms with Crippen molar-refractivity contribution in [2.45, 2.75) is 45.1 Å². The van der Waals surface area contributed by atoms with Crippen LogP contribution in [-0.4, -0.2) is 24.8 Å². The minimum Gasteiger partial charge on any atom is -0.464 e. The summed E-state index contributed by atoms with van der Waals surface area (Å²) in [6.07, 6.45) is -0.709. The van der Waals surface area contributed by atoms with Gasteiger partial charge in [0.1, 0.15) is 11.3 Å². The number of alkyl carbamates (subject to hydrolysis) is 1. The SMILES string of the molecule is COC(=O)/C(=C\Sc1ccc(-c2cccc3c(C)c(C)sc23)cc1)NC(=O)OC(C)(C)C. The molecule has 0 fully saturated rings. The van der Waals surface area contributed by atoms with E-state index in [4.69, 9.17) is 9.47 Å². The van der Waals surface area contributed by atoms with Gasteiger partial charge in [0, 0.05) is 19.9 Å². The average molecular weight is 470 g/mol. The zero-order valence-electron chi connectivity index (χ0n) is 19.1. The number of carbonyl (C=O) groups is 2. The van der Waals surface area contributed by atoms with Gasteiger partial charge in [0.25, 0.3) is 0 Å². The van der Waals surface area contributed by atoms with Crippen LogP contribution in [0.4, 0.5) is 4.79 Å². The van der Waals surface area contributed by atoms with Crippen LogP contribution in [-0.2, 0) is 14.3 Å². The highest BCUT2D eigenvalue weighted by molar-refractivity contribution is 8.02. The van der Waals surface area contributed by atoms with Crippen LogP contribution in [0.3, 0.4) is 0 Å². The van der Waals surface area contributed by atoms with Crippen molar-refractivity contribution in [1.29, 1.82) is 0 Å². The van der Waals surface area contributed by atoms with Crippen molar-refractivity contribution in [3.8, 4) is 11.1 Å². The van der Waals surface area contributed by atoms with Crippen LogP contribution < -0.4 is 5.32 Å². The fraction of sp³-hybridized carbons (Fsp3) is 0.280. The van der Waals surface area contributed by atoms with Crippen molar-refractivity contribution in [2.75, 3.05) is 7.11 Å². The maximum atomic E-state index is 12.1. The second kappa shape index (κ2) is 9.79. The average Bonchev–Trinajstić information content (AvgIpc) is 3.03. The van der Waals surface area contributed by atoms with Crippen molar-refractivity contribution >= 4 is 45.2 Å². The van der Waals surface area contributed by atoms with E-state index in [1.807, 2.05) is 23.5 Å². The van der Waals surface area contributed by atoms with Gasteiger partial charge in [-0.3, -0.25) is 5.32 Å². The topological polar surface area (TPSA) is 64.6 Å². The van der Waals surface area contributed by atoms with Gasteiger partial charge in [-0.2, -0.15) is 0 Å². The normalized spacial score (nSPS) is 12.0. The number of carbonyl (C=O) groups excluding carboxylic acids is 2. The van der Waals surface area contributed by atoms with Gasteiger partial charge in [-0.1, -0.05) is 42.1 Å². The second-order valence-electron chi connectivity index (χ2n) is 8.26. The molecule has 7 heteroatoms. The Morgan fingerprint density at radius 2 is 1.75 bits per heavy atom. The summed E-state index contributed by atoms with van der Waals surface area (Å²) in [5.74, 6) is -0.643. The van der Waals surface area contributed by atoms with Crippen molar-refractivity contribution < 1.29 is 19.1 Å². The van der Waals surface area contributed by atoms with Crippen LogP contribution in [0.1, 0.15) is 31.2 Å². The fourth-order valence-electron chi connectivity index (χ4n) is 3.08. The number of esters is 1. The molecule has 3 aromatic rings. The molecule has 0 atom stereocenters. The molecule has 0 aliphatic carbocycles. The zero-order chi connectivity index (χ0) is 23.5. The van der Waals surface area contributed by atoms with E-state index in [0.29, 0.717) is 0 Å². The number of fused-ring (bicyclic) bond motifs is 1. The Kier molecular flexibility index (Phi) is 7.31. The summed E-state index contributed by atoms with van der Waals surface area (Å²) in [6.45, 7) is 9.57. The molecule has 0 unspecified atom stereocenters. The number of nitrogens with one attached hydrogen (secondary N) is 1. The number of hydrogen-bond acceptors (Lipinski definition) is 6. The Morgan fingerprint density at radius 1 is 1.06 bits per heavy atom. The van der Waals surface area contributed by atoms with E-state index in [1.165, 1.54) is 45.0 Å². The summed E-state index contributed by atoms with van der Waals surface area (Å²) in [6, 6.07) is 14.5. The summed E-state index contributed by atoms with van der Waals surface area (Å²) in [5, 5.41) is 5.31. The monoisotopic (exact) mass is 469 g/mol. The summed E-state index contributed by atoms with van der Waals surface area (Å²) in [4.78, 5) is 26.4. The molecule has 0 aliphatic heterocycles. The zero-order valence-corrected chi connectivity index (χ0v) is 20.7. The molecule has 0 aliphatic rings. The third-order valence-corrected chi connectivity index (χ3v) is 6.88. The Hall–Kier alpha value is -2.77. The van der Waals surface area contributed by atoms with Gasteiger partial charge in [0.2, 0.25) is 0 Å². The molecule has 1 heterocycles. The molecule has 168 valence electrons. The number of benzene rings is 2. The summed E-state index contributed by atoms with van der Waals surface area (Å²) in [5.41, 5.74) is 3.02. The number of hydrogen-bond donors (Lipinski definition) is 1. The minimum absolute atomic E-state index is 0.0186. The number of ether oxygens (including phenoxy) is 2. The third kappa shape index (κ3) is 5.72. The first-order chi connectivity index (χ1) is 15.1. The molecule has 1 N–H and O–H groups in total. The smallest absolute Gasteiger partial charge is 0.412 e. The number of methoxy groups -OCH3 is 1. The summed E-state index contributed by atoms with van der Waals surface area (Å²) >= 11 is 3.13. The highest BCUT2D eigenvalue weighted by Crippen LogP contribution is 2.38. The van der Waals surface area contributed by atoms with E-state index in [-0.39, 0.29) is 5.70 Å². The van der Waals surface area contributed by atoms with Gasteiger partial charge >= 0.3 is 12.1 Å². The number of thiophene rings is 1. The molecule has 0 saturated heterocycles. The maximum absolute atomic E-state index is 12.1. The molecule has 32 heavy (non-hydrogen) atoms. The first kappa shape index (κ1) is 23.9. The largest absolute Gasteiger partial charge is 0.464 e. The molecule has 5 nitrogen and oxygen atoms in total. The Labute approximate surface area is 196 Å². The number of rotatable bonds is 5. The standard InChI is InChI=1S/C25H27NO4S2/c1-15-16(2)32-22-19(15)8-7-9-20(22)17-10-12-18(13-11-17)31-14-21(23(27)29-6)26-24(28)30-25(3,4)5/h7-14H,1-6H3,(H,26,28)/b21-14+. The fourth-order valence-corrected chi connectivity index (χ4v) is 4.98. The van der Waals surface area contributed by atoms with Crippen LogP contribution in [0, 0.1) is 13.8 Å². The first-order valence-corrected chi connectivity index (χ1v) is 11.8. The van der Waals surface area contributed by atoms with Crippen LogP contribution in [0.5, 0.6) is 0 Å². The van der Waals surface area contributed by atoms with Gasteiger partial charge in [-0.25, -0.2) is 9.59 Å². The minimum atomic E-state index is -0.709. The lowest BCUT2D eigenvalue weighted by atomic mass is 10.0. The van der Waals surface area contributed by atoms with E-state index >= 15 is 0 Å². The lowest BCUT2D eigenvalue weighted by Gasteiger charge is -2.20. The van der Waals surface area contributed by atoms with Crippen molar-refractivity contribution in [3.05, 3.63) is 64.0 Å². The summed E-state index contributed by atoms with van der Waals surface area (Å²) in [7, 11) is 1.26. The van der Waals surface area contributed by atoms with Gasteiger partial charge < -0.3 is 9.47 Å². The van der Waals surface area contributed by atoms with E-state index in [1.54, 1.807) is 26.2 Å². The molecule has 0 radical (unpaired) electrons. The predicted molar refractivity (Wildman–Crippen MR) is 132 cm³/mol. The molecule has 2 aromatic carbocycles. The highest BCUT2D eigenvalue weighted by atomic mass is 32.2. The molecular weight excluding hydrogens is 442 g/mol. The summed E-state index contributed by atoms with van der Waals surface area (Å²) < 4.78 is 11.3. The predicted octanol–water partition coefficient (Wildman–Crippen LogP) is 6.82. The van der Waals surface area contributed by atoms with E-state index in [0.717, 1.165) is 10.5 Å². The van der Waals surface area contributed by atoms with Crippen LogP contribution in [0.25, 0.3) is 21.2 Å². The number of amides is 1. The van der Waals surface area contributed by atoms with E-state index in [2.05, 4.69) is 49.5 Å². The number of aryl methyl sites for hydroxylation is 2.